The Hall–Kier alpha value is 0.0274. The van der Waals surface area contributed by atoms with Gasteiger partial charge in [0, 0.05) is 6.04 Å². The fourth-order valence-corrected chi connectivity index (χ4v) is 2.58. The average Bonchev–Trinajstić information content (AvgIpc) is 1.80. The zero-order valence-corrected chi connectivity index (χ0v) is 8.08. The molecule has 13 heavy (non-hydrogen) atoms. The molecule has 2 aliphatic rings. The van der Waals surface area contributed by atoms with Crippen LogP contribution in [0.25, 0.3) is 0 Å². The first kappa shape index (κ1) is 11.1. The third kappa shape index (κ3) is 1.79. The summed E-state index contributed by atoms with van der Waals surface area (Å²) in [6, 6.07) is -0.726. The maximum Gasteiger partial charge on any atom is 1.00 e. The molecule has 1 unspecified atom stereocenters. The Balaban J connectivity index is 0.000000845. The zero-order valence-electron chi connectivity index (χ0n) is 8.08. The summed E-state index contributed by atoms with van der Waals surface area (Å²) in [5, 5.41) is 10.4. The average molecular weight is 175 g/mol. The first-order valence-electron chi connectivity index (χ1n) is 4.59. The van der Waals surface area contributed by atoms with E-state index in [1.807, 2.05) is 0 Å². The molecule has 68 valence electrons. The number of hydrogen-bond acceptors (Lipinski definition) is 3. The minimum Gasteiger partial charge on any atom is -0.548 e. The Labute approximate surface area is 90.2 Å². The van der Waals surface area contributed by atoms with Crippen LogP contribution in [-0.4, -0.2) is 12.0 Å². The van der Waals surface area contributed by atoms with Crippen LogP contribution in [0.1, 0.15) is 32.1 Å². The quantitative estimate of drug-likeness (QED) is 0.446. The van der Waals surface area contributed by atoms with E-state index in [0.717, 1.165) is 12.8 Å². The Morgan fingerprint density at radius 3 is 2.31 bits per heavy atom. The Morgan fingerprint density at radius 1 is 1.46 bits per heavy atom. The van der Waals surface area contributed by atoms with Gasteiger partial charge in [-0.05, 0) is 37.0 Å². The number of aliphatic carboxylic acids is 1. The number of carboxylic acids is 1. The maximum absolute atomic E-state index is 10.4. The molecular formula is C9H14LiNO2. The van der Waals surface area contributed by atoms with Crippen molar-refractivity contribution in [2.45, 2.75) is 38.1 Å². The number of carboxylic acid groups (broad SMARTS) is 1. The number of rotatable bonds is 2. The molecule has 2 N–H and O–H groups in total. The van der Waals surface area contributed by atoms with E-state index in [1.54, 1.807) is 0 Å². The molecule has 0 aromatic heterocycles. The molecule has 0 saturated heterocycles. The minimum absolute atomic E-state index is 0. The molecule has 3 nitrogen and oxygen atoms in total. The van der Waals surface area contributed by atoms with Gasteiger partial charge in [0.05, 0.1) is 5.97 Å². The van der Waals surface area contributed by atoms with Gasteiger partial charge in [-0.1, -0.05) is 6.42 Å². The van der Waals surface area contributed by atoms with Crippen molar-refractivity contribution in [3.05, 3.63) is 0 Å². The molecule has 1 atom stereocenters. The molecule has 2 fully saturated rings. The van der Waals surface area contributed by atoms with Crippen molar-refractivity contribution in [3.8, 4) is 0 Å². The van der Waals surface area contributed by atoms with Gasteiger partial charge in [-0.3, -0.25) is 0 Å². The molecule has 2 rings (SSSR count). The van der Waals surface area contributed by atoms with Gasteiger partial charge in [-0.15, -0.1) is 0 Å². The molecule has 2 aliphatic carbocycles. The molecule has 0 radical (unpaired) electrons. The fourth-order valence-electron chi connectivity index (χ4n) is 2.58. The van der Waals surface area contributed by atoms with Crippen LogP contribution >= 0.6 is 0 Å². The van der Waals surface area contributed by atoms with Crippen molar-refractivity contribution in [1.29, 1.82) is 0 Å². The van der Waals surface area contributed by atoms with Crippen molar-refractivity contribution in [2.24, 2.45) is 17.1 Å². The van der Waals surface area contributed by atoms with E-state index >= 15 is 0 Å². The van der Waals surface area contributed by atoms with Gasteiger partial charge in [0.1, 0.15) is 0 Å². The van der Waals surface area contributed by atoms with Crippen LogP contribution in [0.5, 0.6) is 0 Å². The van der Waals surface area contributed by atoms with Crippen LogP contribution in [0.15, 0.2) is 0 Å². The van der Waals surface area contributed by atoms with Gasteiger partial charge in [-0.25, -0.2) is 0 Å². The molecule has 2 saturated carbocycles. The summed E-state index contributed by atoms with van der Waals surface area (Å²) in [5.74, 6) is -0.899. The normalized spacial score (nSPS) is 26.8. The van der Waals surface area contributed by atoms with Crippen LogP contribution in [0, 0.1) is 11.3 Å². The first-order valence-corrected chi connectivity index (χ1v) is 4.59. The second-order valence-corrected chi connectivity index (χ2v) is 4.37. The van der Waals surface area contributed by atoms with Gasteiger partial charge in [0.15, 0.2) is 0 Å². The third-order valence-electron chi connectivity index (χ3n) is 3.58. The summed E-state index contributed by atoms with van der Waals surface area (Å²) < 4.78 is 0. The summed E-state index contributed by atoms with van der Waals surface area (Å²) >= 11 is 0. The van der Waals surface area contributed by atoms with E-state index < -0.39 is 12.0 Å². The minimum atomic E-state index is -1.09. The van der Waals surface area contributed by atoms with E-state index in [-0.39, 0.29) is 24.8 Å². The molecule has 0 aliphatic heterocycles. The molecule has 0 heterocycles. The van der Waals surface area contributed by atoms with E-state index in [9.17, 15) is 9.90 Å². The second-order valence-electron chi connectivity index (χ2n) is 4.37. The molecule has 1 spiro atoms. The monoisotopic (exact) mass is 175 g/mol. The predicted molar refractivity (Wildman–Crippen MR) is 42.0 cm³/mol. The van der Waals surface area contributed by atoms with Crippen molar-refractivity contribution in [2.75, 3.05) is 0 Å². The molecule has 0 aromatic carbocycles. The SMILES string of the molecule is NC(C(=O)[O-])C1CC2(CCC2)C1.[Li+]. The van der Waals surface area contributed by atoms with Crippen LogP contribution < -0.4 is 29.7 Å². The van der Waals surface area contributed by atoms with Crippen molar-refractivity contribution >= 4 is 5.97 Å². The van der Waals surface area contributed by atoms with Gasteiger partial charge < -0.3 is 15.6 Å². The molecule has 0 bridgehead atoms. The predicted octanol–water partition coefficient (Wildman–Crippen LogP) is -3.35. The van der Waals surface area contributed by atoms with Crippen LogP contribution in [0.3, 0.4) is 0 Å². The van der Waals surface area contributed by atoms with E-state index in [2.05, 4.69) is 0 Å². The Morgan fingerprint density at radius 2 is 2.00 bits per heavy atom. The van der Waals surface area contributed by atoms with Crippen molar-refractivity contribution < 1.29 is 28.8 Å². The smallest absolute Gasteiger partial charge is 0.548 e. The summed E-state index contributed by atoms with van der Waals surface area (Å²) in [4.78, 5) is 10.4. The molecule has 0 aromatic rings. The maximum atomic E-state index is 10.4. The Kier molecular flexibility index (Phi) is 3.11. The van der Waals surface area contributed by atoms with E-state index in [1.165, 1.54) is 19.3 Å². The summed E-state index contributed by atoms with van der Waals surface area (Å²) in [6.07, 6.45) is 5.91. The molecule has 4 heteroatoms. The van der Waals surface area contributed by atoms with Crippen molar-refractivity contribution in [3.63, 3.8) is 0 Å². The van der Waals surface area contributed by atoms with Gasteiger partial charge >= 0.3 is 18.9 Å². The summed E-state index contributed by atoms with van der Waals surface area (Å²) in [5.41, 5.74) is 5.97. The third-order valence-corrected chi connectivity index (χ3v) is 3.58. The topological polar surface area (TPSA) is 66.2 Å². The van der Waals surface area contributed by atoms with Crippen LogP contribution in [-0.2, 0) is 4.79 Å². The molecule has 0 amide bonds. The number of nitrogens with two attached hydrogens (primary N) is 1. The summed E-state index contributed by atoms with van der Waals surface area (Å²) in [7, 11) is 0. The van der Waals surface area contributed by atoms with Gasteiger partial charge in [0.2, 0.25) is 0 Å². The zero-order chi connectivity index (χ0) is 8.77. The molecular weight excluding hydrogens is 161 g/mol. The van der Waals surface area contributed by atoms with Gasteiger partial charge in [-0.2, -0.15) is 0 Å². The summed E-state index contributed by atoms with van der Waals surface area (Å²) in [6.45, 7) is 0. The Bertz CT molecular complexity index is 208. The van der Waals surface area contributed by atoms with E-state index in [4.69, 9.17) is 5.73 Å². The van der Waals surface area contributed by atoms with Crippen LogP contribution in [0.4, 0.5) is 0 Å². The van der Waals surface area contributed by atoms with Crippen LogP contribution in [0.2, 0.25) is 0 Å². The number of hydrogen-bond donors (Lipinski definition) is 1. The fraction of sp³-hybridized carbons (Fsp3) is 0.889. The first-order chi connectivity index (χ1) is 5.63. The van der Waals surface area contributed by atoms with Gasteiger partial charge in [0.25, 0.3) is 0 Å². The largest absolute Gasteiger partial charge is 1.00 e. The standard InChI is InChI=1S/C9H15NO2.Li/c10-7(8(11)12)6-4-9(5-6)2-1-3-9;/h6-7H,1-5,10H2,(H,11,12);/q;+1/p-1. The van der Waals surface area contributed by atoms with Crippen molar-refractivity contribution in [1.82, 2.24) is 0 Å². The second kappa shape index (κ2) is 3.65. The van der Waals surface area contributed by atoms with E-state index in [0.29, 0.717) is 5.41 Å². The number of carbonyl (C=O) groups is 1. The number of carbonyl (C=O) groups excluding carboxylic acids is 1.